The molecule has 0 radical (unpaired) electrons. The van der Waals surface area contributed by atoms with Crippen molar-refractivity contribution in [3.05, 3.63) is 96.4 Å². The number of rotatable bonds is 4. The maximum Gasteiger partial charge on any atom is 0.134 e. The van der Waals surface area contributed by atoms with Gasteiger partial charge in [0.05, 0.1) is 5.92 Å². The molecule has 0 fully saturated rings. The Kier molecular flexibility index (Phi) is 3.80. The quantitative estimate of drug-likeness (QED) is 0.438. The molecule has 0 N–H and O–H groups in total. The van der Waals surface area contributed by atoms with E-state index in [2.05, 4.69) is 6.92 Å². The molecule has 24 heavy (non-hydrogen) atoms. The van der Waals surface area contributed by atoms with Gasteiger partial charge in [-0.2, -0.15) is 0 Å². The fraction of sp³-hybridized carbons (Fsp3) is 0.0909. The molecule has 2 aromatic carbocycles. The van der Waals surface area contributed by atoms with E-state index >= 15 is 0 Å². The van der Waals surface area contributed by atoms with E-state index in [4.69, 9.17) is 8.83 Å². The van der Waals surface area contributed by atoms with E-state index in [0.717, 1.165) is 34.2 Å². The van der Waals surface area contributed by atoms with Gasteiger partial charge in [-0.3, -0.25) is 0 Å². The highest BCUT2D eigenvalue weighted by molar-refractivity contribution is 5.58. The highest BCUT2D eigenvalue weighted by atomic mass is 16.4. The van der Waals surface area contributed by atoms with E-state index in [-0.39, 0.29) is 5.92 Å². The topological polar surface area (TPSA) is 26.3 Å². The molecular formula is C22H18O2. The molecule has 4 aromatic rings. The molecule has 2 nitrogen and oxygen atoms in total. The van der Waals surface area contributed by atoms with E-state index in [9.17, 15) is 0 Å². The first kappa shape index (κ1) is 14.6. The van der Waals surface area contributed by atoms with Crippen molar-refractivity contribution >= 4 is 0 Å². The zero-order chi connectivity index (χ0) is 16.4. The summed E-state index contributed by atoms with van der Waals surface area (Å²) in [7, 11) is 0. The summed E-state index contributed by atoms with van der Waals surface area (Å²) in [4.78, 5) is 0. The standard InChI is InChI=1S/C22H18O2/c1-16(19-12-14-21(23-19)17-8-4-2-5-9-17)20-13-15-22(24-20)18-10-6-3-7-11-18/h2-16H,1H3. The third-order valence-electron chi connectivity index (χ3n) is 4.22. The molecule has 0 aliphatic carbocycles. The Morgan fingerprint density at radius 2 is 0.958 bits per heavy atom. The average molecular weight is 314 g/mol. The minimum absolute atomic E-state index is 0.0694. The van der Waals surface area contributed by atoms with Crippen molar-refractivity contribution in [2.75, 3.05) is 0 Å². The Balaban J connectivity index is 1.60. The molecule has 4 rings (SSSR count). The molecular weight excluding hydrogens is 296 g/mol. The van der Waals surface area contributed by atoms with Crippen LogP contribution in [0, 0.1) is 0 Å². The van der Waals surface area contributed by atoms with E-state index in [1.807, 2.05) is 84.9 Å². The molecule has 0 amide bonds. The monoisotopic (exact) mass is 314 g/mol. The van der Waals surface area contributed by atoms with Crippen LogP contribution in [0.5, 0.6) is 0 Å². The van der Waals surface area contributed by atoms with Gasteiger partial charge in [0.25, 0.3) is 0 Å². The molecule has 0 spiro atoms. The van der Waals surface area contributed by atoms with Crippen LogP contribution in [0.2, 0.25) is 0 Å². The maximum atomic E-state index is 6.04. The fourth-order valence-electron chi connectivity index (χ4n) is 2.83. The fourth-order valence-corrected chi connectivity index (χ4v) is 2.83. The lowest BCUT2D eigenvalue weighted by Crippen LogP contribution is -1.91. The van der Waals surface area contributed by atoms with E-state index in [0.29, 0.717) is 0 Å². The summed E-state index contributed by atoms with van der Waals surface area (Å²) in [6, 6.07) is 28.3. The molecule has 2 heterocycles. The summed E-state index contributed by atoms with van der Waals surface area (Å²) < 4.78 is 12.1. The molecule has 0 saturated carbocycles. The molecule has 0 aliphatic rings. The van der Waals surface area contributed by atoms with Crippen LogP contribution in [0.15, 0.2) is 93.8 Å². The highest BCUT2D eigenvalue weighted by Crippen LogP contribution is 2.32. The van der Waals surface area contributed by atoms with Gasteiger partial charge >= 0.3 is 0 Å². The Bertz CT molecular complexity index is 839. The van der Waals surface area contributed by atoms with Gasteiger partial charge in [0, 0.05) is 11.1 Å². The second kappa shape index (κ2) is 6.25. The van der Waals surface area contributed by atoms with Crippen molar-refractivity contribution in [2.24, 2.45) is 0 Å². The molecule has 0 saturated heterocycles. The summed E-state index contributed by atoms with van der Waals surface area (Å²) >= 11 is 0. The average Bonchev–Trinajstić information content (AvgIpc) is 3.33. The van der Waals surface area contributed by atoms with Crippen molar-refractivity contribution in [1.82, 2.24) is 0 Å². The van der Waals surface area contributed by atoms with Gasteiger partial charge in [0.15, 0.2) is 0 Å². The van der Waals surface area contributed by atoms with Crippen LogP contribution in [0.25, 0.3) is 22.6 Å². The maximum absolute atomic E-state index is 6.04. The van der Waals surface area contributed by atoms with Crippen LogP contribution in [0.3, 0.4) is 0 Å². The third-order valence-corrected chi connectivity index (χ3v) is 4.22. The zero-order valence-corrected chi connectivity index (χ0v) is 13.5. The van der Waals surface area contributed by atoms with Crippen molar-refractivity contribution in [3.8, 4) is 22.6 Å². The number of hydrogen-bond acceptors (Lipinski definition) is 2. The van der Waals surface area contributed by atoms with E-state index in [1.54, 1.807) is 0 Å². The van der Waals surface area contributed by atoms with Crippen LogP contribution >= 0.6 is 0 Å². The smallest absolute Gasteiger partial charge is 0.134 e. The lowest BCUT2D eigenvalue weighted by Gasteiger charge is -2.05. The summed E-state index contributed by atoms with van der Waals surface area (Å²) in [6.45, 7) is 2.10. The second-order valence-corrected chi connectivity index (χ2v) is 5.86. The van der Waals surface area contributed by atoms with Gasteiger partial charge < -0.3 is 8.83 Å². The molecule has 0 unspecified atom stereocenters. The van der Waals surface area contributed by atoms with Crippen LogP contribution in [0.4, 0.5) is 0 Å². The number of hydrogen-bond donors (Lipinski definition) is 0. The van der Waals surface area contributed by atoms with Crippen molar-refractivity contribution < 1.29 is 8.83 Å². The Morgan fingerprint density at radius 1 is 0.542 bits per heavy atom. The van der Waals surface area contributed by atoms with Gasteiger partial charge in [-0.05, 0) is 31.2 Å². The first-order valence-corrected chi connectivity index (χ1v) is 8.11. The Hall–Kier alpha value is -3.00. The summed E-state index contributed by atoms with van der Waals surface area (Å²) in [5, 5.41) is 0. The number of benzene rings is 2. The summed E-state index contributed by atoms with van der Waals surface area (Å²) in [5.41, 5.74) is 2.17. The zero-order valence-electron chi connectivity index (χ0n) is 13.5. The second-order valence-electron chi connectivity index (χ2n) is 5.86. The van der Waals surface area contributed by atoms with Crippen LogP contribution in [0.1, 0.15) is 24.4 Å². The van der Waals surface area contributed by atoms with Crippen molar-refractivity contribution in [1.29, 1.82) is 0 Å². The first-order chi connectivity index (χ1) is 11.8. The SMILES string of the molecule is CC(c1ccc(-c2ccccc2)o1)c1ccc(-c2ccccc2)o1. The van der Waals surface area contributed by atoms with Crippen molar-refractivity contribution in [3.63, 3.8) is 0 Å². The van der Waals surface area contributed by atoms with E-state index in [1.165, 1.54) is 0 Å². The molecule has 0 atom stereocenters. The van der Waals surface area contributed by atoms with Gasteiger partial charge in [0.1, 0.15) is 23.0 Å². The van der Waals surface area contributed by atoms with Gasteiger partial charge in [0.2, 0.25) is 0 Å². The molecule has 118 valence electrons. The predicted molar refractivity (Wildman–Crippen MR) is 95.8 cm³/mol. The van der Waals surface area contributed by atoms with Gasteiger partial charge in [-0.15, -0.1) is 0 Å². The molecule has 2 aromatic heterocycles. The minimum atomic E-state index is 0.0694. The molecule has 0 bridgehead atoms. The number of furan rings is 2. The normalized spacial score (nSPS) is 11.1. The van der Waals surface area contributed by atoms with Gasteiger partial charge in [-0.1, -0.05) is 60.7 Å². The summed E-state index contributed by atoms with van der Waals surface area (Å²) in [5.74, 6) is 3.64. The van der Waals surface area contributed by atoms with Crippen molar-refractivity contribution in [2.45, 2.75) is 12.8 Å². The largest absolute Gasteiger partial charge is 0.460 e. The van der Waals surface area contributed by atoms with E-state index < -0.39 is 0 Å². The van der Waals surface area contributed by atoms with Crippen LogP contribution in [-0.4, -0.2) is 0 Å². The van der Waals surface area contributed by atoms with Crippen LogP contribution in [-0.2, 0) is 0 Å². The lowest BCUT2D eigenvalue weighted by molar-refractivity contribution is 0.450. The molecule has 0 aliphatic heterocycles. The van der Waals surface area contributed by atoms with Crippen LogP contribution < -0.4 is 0 Å². The Labute approximate surface area is 141 Å². The third kappa shape index (κ3) is 2.79. The lowest BCUT2D eigenvalue weighted by atomic mass is 10.1. The first-order valence-electron chi connectivity index (χ1n) is 8.11. The minimum Gasteiger partial charge on any atom is -0.460 e. The summed E-state index contributed by atoms with van der Waals surface area (Å²) in [6.07, 6.45) is 0. The Morgan fingerprint density at radius 3 is 1.38 bits per heavy atom. The molecule has 2 heteroatoms. The van der Waals surface area contributed by atoms with Gasteiger partial charge in [-0.25, -0.2) is 0 Å². The predicted octanol–water partition coefficient (Wildman–Crippen LogP) is 6.36. The highest BCUT2D eigenvalue weighted by Gasteiger charge is 2.17.